The molecule has 0 unspecified atom stereocenters. The molecule has 1 N–H and O–H groups in total. The van der Waals surface area contributed by atoms with Gasteiger partial charge in [-0.15, -0.1) is 0 Å². The Hall–Kier alpha value is -3.86. The fourth-order valence-corrected chi connectivity index (χ4v) is 4.18. The van der Waals surface area contributed by atoms with Gasteiger partial charge in [-0.05, 0) is 29.7 Å². The number of anilines is 1. The molecular weight excluding hydrogens is 396 g/mol. The van der Waals surface area contributed by atoms with Crippen LogP contribution in [-0.4, -0.2) is 21.1 Å². The Morgan fingerprint density at radius 3 is 2.31 bits per heavy atom. The summed E-state index contributed by atoms with van der Waals surface area (Å²) in [4.78, 5) is 9.40. The third-order valence-corrected chi connectivity index (χ3v) is 5.67. The van der Waals surface area contributed by atoms with Crippen LogP contribution >= 0.6 is 0 Å². The zero-order valence-electron chi connectivity index (χ0n) is 18.2. The van der Waals surface area contributed by atoms with Gasteiger partial charge in [0, 0.05) is 12.1 Å². The average Bonchev–Trinajstić information content (AvgIpc) is 3.47. The summed E-state index contributed by atoms with van der Waals surface area (Å²) in [5, 5.41) is 4.60. The molecule has 0 atom stereocenters. The first-order valence-corrected chi connectivity index (χ1v) is 11.1. The number of fused-ring (bicyclic) bond motifs is 1. The van der Waals surface area contributed by atoms with E-state index in [0.29, 0.717) is 6.54 Å². The Kier molecular flexibility index (Phi) is 5.71. The molecule has 32 heavy (non-hydrogen) atoms. The Morgan fingerprint density at radius 2 is 1.62 bits per heavy atom. The standard InChI is InChI=1S/C27H26N4O/c1-2-3-16-28-26-24-23(20-11-6-4-7-12-20)25(21-13-8-5-9-14-21)31(27(24)30-19-29-26)18-22-15-10-17-32-22/h4-15,17,19H,2-3,16,18H2,1H3,(H,28,29,30). The molecule has 3 heterocycles. The number of hydrogen-bond donors (Lipinski definition) is 1. The number of aromatic nitrogens is 3. The Balaban J connectivity index is 1.83. The van der Waals surface area contributed by atoms with Crippen LogP contribution in [-0.2, 0) is 6.54 Å². The lowest BCUT2D eigenvalue weighted by Crippen LogP contribution is -2.05. The highest BCUT2D eigenvalue weighted by atomic mass is 16.3. The average molecular weight is 423 g/mol. The molecule has 0 radical (unpaired) electrons. The van der Waals surface area contributed by atoms with E-state index in [1.807, 2.05) is 24.3 Å². The van der Waals surface area contributed by atoms with E-state index in [9.17, 15) is 0 Å². The summed E-state index contributed by atoms with van der Waals surface area (Å²) in [5.41, 5.74) is 5.42. The van der Waals surface area contributed by atoms with Crippen molar-refractivity contribution >= 4 is 16.9 Å². The van der Waals surface area contributed by atoms with Gasteiger partial charge in [0.1, 0.15) is 23.6 Å². The number of benzene rings is 2. The summed E-state index contributed by atoms with van der Waals surface area (Å²) in [6, 6.07) is 24.9. The minimum atomic E-state index is 0.589. The Bertz CT molecular complexity index is 1290. The van der Waals surface area contributed by atoms with E-state index in [1.54, 1.807) is 12.6 Å². The molecular formula is C27H26N4O. The van der Waals surface area contributed by atoms with Crippen molar-refractivity contribution in [1.82, 2.24) is 14.5 Å². The van der Waals surface area contributed by atoms with Crippen molar-refractivity contribution in [3.8, 4) is 22.4 Å². The molecule has 5 rings (SSSR count). The lowest BCUT2D eigenvalue weighted by Gasteiger charge is -2.11. The maximum atomic E-state index is 5.72. The normalized spacial score (nSPS) is 11.2. The number of hydrogen-bond acceptors (Lipinski definition) is 4. The molecule has 5 heteroatoms. The molecule has 3 aromatic heterocycles. The van der Waals surface area contributed by atoms with Crippen molar-refractivity contribution in [3.05, 3.63) is 91.1 Å². The number of nitrogens with one attached hydrogen (secondary N) is 1. The number of unbranched alkanes of at least 4 members (excludes halogenated alkanes) is 1. The molecule has 0 aliphatic carbocycles. The van der Waals surface area contributed by atoms with Crippen LogP contribution in [0.15, 0.2) is 89.8 Å². The van der Waals surface area contributed by atoms with Crippen molar-refractivity contribution < 1.29 is 4.42 Å². The maximum Gasteiger partial charge on any atom is 0.147 e. The second-order valence-corrected chi connectivity index (χ2v) is 7.82. The molecule has 0 saturated carbocycles. The van der Waals surface area contributed by atoms with Crippen LogP contribution in [0.1, 0.15) is 25.5 Å². The molecule has 5 aromatic rings. The molecule has 0 bridgehead atoms. The molecule has 160 valence electrons. The van der Waals surface area contributed by atoms with Crippen LogP contribution in [0.25, 0.3) is 33.4 Å². The highest BCUT2D eigenvalue weighted by Gasteiger charge is 2.24. The van der Waals surface area contributed by atoms with Crippen molar-refractivity contribution in [1.29, 1.82) is 0 Å². The van der Waals surface area contributed by atoms with Crippen LogP contribution in [0, 0.1) is 0 Å². The Labute approximate surface area is 187 Å². The smallest absolute Gasteiger partial charge is 0.147 e. The fourth-order valence-electron chi connectivity index (χ4n) is 4.18. The minimum absolute atomic E-state index is 0.589. The topological polar surface area (TPSA) is 55.9 Å². The van der Waals surface area contributed by atoms with Gasteiger partial charge < -0.3 is 14.3 Å². The molecule has 0 amide bonds. The summed E-state index contributed by atoms with van der Waals surface area (Å²) in [5.74, 6) is 1.76. The van der Waals surface area contributed by atoms with Gasteiger partial charge in [-0.2, -0.15) is 0 Å². The lowest BCUT2D eigenvalue weighted by atomic mass is 9.99. The van der Waals surface area contributed by atoms with E-state index in [-0.39, 0.29) is 0 Å². The van der Waals surface area contributed by atoms with Crippen molar-refractivity contribution in [3.63, 3.8) is 0 Å². The molecule has 0 spiro atoms. The van der Waals surface area contributed by atoms with E-state index in [0.717, 1.165) is 64.4 Å². The number of rotatable bonds is 8. The summed E-state index contributed by atoms with van der Waals surface area (Å²) in [6.07, 6.45) is 5.58. The van der Waals surface area contributed by atoms with Gasteiger partial charge >= 0.3 is 0 Å². The number of furan rings is 1. The quantitative estimate of drug-likeness (QED) is 0.286. The zero-order valence-corrected chi connectivity index (χ0v) is 18.2. The van der Waals surface area contributed by atoms with Crippen LogP contribution in [0.5, 0.6) is 0 Å². The molecule has 0 aliphatic rings. The van der Waals surface area contributed by atoms with E-state index >= 15 is 0 Å². The molecule has 0 aliphatic heterocycles. The first-order chi connectivity index (χ1) is 15.9. The molecule has 0 saturated heterocycles. The van der Waals surface area contributed by atoms with E-state index in [2.05, 4.69) is 70.3 Å². The van der Waals surface area contributed by atoms with Crippen LogP contribution < -0.4 is 5.32 Å². The summed E-state index contributed by atoms with van der Waals surface area (Å²) >= 11 is 0. The van der Waals surface area contributed by atoms with E-state index in [1.165, 1.54) is 0 Å². The molecule has 2 aromatic carbocycles. The first-order valence-electron chi connectivity index (χ1n) is 11.1. The van der Waals surface area contributed by atoms with Crippen LogP contribution in [0.3, 0.4) is 0 Å². The number of nitrogens with zero attached hydrogens (tertiary/aromatic N) is 3. The maximum absolute atomic E-state index is 5.72. The lowest BCUT2D eigenvalue weighted by molar-refractivity contribution is 0.497. The third-order valence-electron chi connectivity index (χ3n) is 5.67. The van der Waals surface area contributed by atoms with Crippen LogP contribution in [0.2, 0.25) is 0 Å². The van der Waals surface area contributed by atoms with Gasteiger partial charge in [0.25, 0.3) is 0 Å². The van der Waals surface area contributed by atoms with Gasteiger partial charge in [0.05, 0.1) is 23.9 Å². The second kappa shape index (κ2) is 9.10. The second-order valence-electron chi connectivity index (χ2n) is 7.82. The SMILES string of the molecule is CCCCNc1ncnc2c1c(-c1ccccc1)c(-c1ccccc1)n2Cc1ccco1. The van der Waals surface area contributed by atoms with Gasteiger partial charge in [-0.3, -0.25) is 0 Å². The van der Waals surface area contributed by atoms with Gasteiger partial charge in [0.2, 0.25) is 0 Å². The van der Waals surface area contributed by atoms with Crippen molar-refractivity contribution in [2.45, 2.75) is 26.3 Å². The first kappa shape index (κ1) is 20.1. The van der Waals surface area contributed by atoms with E-state index in [4.69, 9.17) is 9.40 Å². The summed E-state index contributed by atoms with van der Waals surface area (Å²) < 4.78 is 7.97. The van der Waals surface area contributed by atoms with Crippen molar-refractivity contribution in [2.75, 3.05) is 11.9 Å². The van der Waals surface area contributed by atoms with Crippen LogP contribution in [0.4, 0.5) is 5.82 Å². The molecule has 5 nitrogen and oxygen atoms in total. The third kappa shape index (κ3) is 3.78. The van der Waals surface area contributed by atoms with Crippen molar-refractivity contribution in [2.24, 2.45) is 0 Å². The predicted molar refractivity (Wildman–Crippen MR) is 130 cm³/mol. The fraction of sp³-hybridized carbons (Fsp3) is 0.185. The van der Waals surface area contributed by atoms with Gasteiger partial charge in [0.15, 0.2) is 0 Å². The molecule has 0 fully saturated rings. The predicted octanol–water partition coefficient (Wildman–Crippen LogP) is 6.62. The van der Waals surface area contributed by atoms with E-state index < -0.39 is 0 Å². The Morgan fingerprint density at radius 1 is 0.875 bits per heavy atom. The highest BCUT2D eigenvalue weighted by Crippen LogP contribution is 2.43. The highest BCUT2D eigenvalue weighted by molar-refractivity contribution is 6.08. The monoisotopic (exact) mass is 422 g/mol. The van der Waals surface area contributed by atoms with Gasteiger partial charge in [-0.25, -0.2) is 9.97 Å². The summed E-state index contributed by atoms with van der Waals surface area (Å²) in [7, 11) is 0. The minimum Gasteiger partial charge on any atom is -0.467 e. The zero-order chi connectivity index (χ0) is 21.8. The largest absolute Gasteiger partial charge is 0.467 e. The summed E-state index contributed by atoms with van der Waals surface area (Å²) in [6.45, 7) is 3.66. The van der Waals surface area contributed by atoms with Gasteiger partial charge in [-0.1, -0.05) is 74.0 Å².